The van der Waals surface area contributed by atoms with Crippen LogP contribution >= 0.6 is 22.9 Å². The number of nitrogens with zero attached hydrogens (tertiary/aromatic N) is 3. The van der Waals surface area contributed by atoms with Crippen molar-refractivity contribution in [2.45, 2.75) is 6.92 Å². The number of ether oxygens (including phenoxy) is 2. The second kappa shape index (κ2) is 7.21. The number of aromatic nitrogens is 3. The van der Waals surface area contributed by atoms with E-state index in [-0.39, 0.29) is 6.61 Å². The van der Waals surface area contributed by atoms with Gasteiger partial charge in [-0.1, -0.05) is 11.6 Å². The summed E-state index contributed by atoms with van der Waals surface area (Å²) in [6, 6.07) is 3.65. The number of thiophene rings is 1. The van der Waals surface area contributed by atoms with Crippen molar-refractivity contribution < 1.29 is 14.3 Å². The summed E-state index contributed by atoms with van der Waals surface area (Å²) in [5, 5.41) is 0.983. The first kappa shape index (κ1) is 16.8. The van der Waals surface area contributed by atoms with E-state index in [4.69, 9.17) is 21.1 Å². The van der Waals surface area contributed by atoms with E-state index in [0.29, 0.717) is 32.7 Å². The van der Waals surface area contributed by atoms with Gasteiger partial charge in [0.2, 0.25) is 0 Å². The summed E-state index contributed by atoms with van der Waals surface area (Å²) in [6.07, 6.45) is 3.34. The number of carbonyl (C=O) groups excluding carboxylic acids is 1. The first-order chi connectivity index (χ1) is 11.6. The van der Waals surface area contributed by atoms with Gasteiger partial charge in [0.15, 0.2) is 5.82 Å². The lowest BCUT2D eigenvalue weighted by atomic mass is 10.2. The molecule has 3 aromatic rings. The third kappa shape index (κ3) is 3.24. The zero-order chi connectivity index (χ0) is 17.1. The number of carbonyl (C=O) groups is 1. The predicted molar refractivity (Wildman–Crippen MR) is 92.6 cm³/mol. The van der Waals surface area contributed by atoms with Gasteiger partial charge in [0.25, 0.3) is 0 Å². The van der Waals surface area contributed by atoms with Crippen LogP contribution in [0.4, 0.5) is 0 Å². The Morgan fingerprint density at radius 1 is 1.33 bits per heavy atom. The molecule has 0 aliphatic carbocycles. The molecule has 0 spiro atoms. The molecule has 3 rings (SSSR count). The highest BCUT2D eigenvalue weighted by molar-refractivity contribution is 7.20. The molecular weight excluding hydrogens is 350 g/mol. The molecule has 0 aliphatic heterocycles. The Kier molecular flexibility index (Phi) is 5.03. The Balaban J connectivity index is 2.01. The minimum atomic E-state index is -0.411. The first-order valence-electron chi connectivity index (χ1n) is 7.15. The van der Waals surface area contributed by atoms with Crippen LogP contribution in [-0.2, 0) is 9.47 Å². The zero-order valence-corrected chi connectivity index (χ0v) is 14.6. The van der Waals surface area contributed by atoms with Crippen molar-refractivity contribution in [2.24, 2.45) is 0 Å². The molecule has 0 radical (unpaired) electrons. The highest BCUT2D eigenvalue weighted by Gasteiger charge is 2.21. The van der Waals surface area contributed by atoms with Gasteiger partial charge in [0, 0.05) is 25.1 Å². The summed E-state index contributed by atoms with van der Waals surface area (Å²) < 4.78 is 10.1. The van der Waals surface area contributed by atoms with Gasteiger partial charge in [0.1, 0.15) is 21.5 Å². The number of pyridine rings is 1. The van der Waals surface area contributed by atoms with E-state index in [9.17, 15) is 4.79 Å². The van der Waals surface area contributed by atoms with Gasteiger partial charge in [-0.25, -0.2) is 14.8 Å². The monoisotopic (exact) mass is 363 g/mol. The second-order valence-corrected chi connectivity index (χ2v) is 6.30. The second-order valence-electron chi connectivity index (χ2n) is 4.94. The standard InChI is InChI=1S/C16H14ClN3O3S/c1-9-11-13(17)19-14(10-4-3-5-18-8-10)20-15(11)24-12(9)16(21)23-7-6-22-2/h3-5,8H,6-7H2,1-2H3. The minimum Gasteiger partial charge on any atom is -0.459 e. The Bertz CT molecular complexity index is 883. The number of esters is 1. The molecule has 3 aromatic heterocycles. The van der Waals surface area contributed by atoms with Crippen molar-refractivity contribution in [3.63, 3.8) is 0 Å². The van der Waals surface area contributed by atoms with E-state index in [1.807, 2.05) is 13.0 Å². The fraction of sp³-hybridized carbons (Fsp3) is 0.250. The molecule has 0 atom stereocenters. The van der Waals surface area contributed by atoms with Crippen molar-refractivity contribution in [3.8, 4) is 11.4 Å². The van der Waals surface area contributed by atoms with Crippen LogP contribution in [-0.4, -0.2) is 41.2 Å². The van der Waals surface area contributed by atoms with Gasteiger partial charge in [0.05, 0.1) is 12.0 Å². The van der Waals surface area contributed by atoms with E-state index >= 15 is 0 Å². The van der Waals surface area contributed by atoms with E-state index in [0.717, 1.165) is 11.1 Å². The lowest BCUT2D eigenvalue weighted by molar-refractivity contribution is 0.0393. The molecule has 0 aromatic carbocycles. The maximum absolute atomic E-state index is 12.2. The summed E-state index contributed by atoms with van der Waals surface area (Å²) >= 11 is 7.57. The van der Waals surface area contributed by atoms with Crippen LogP contribution in [0, 0.1) is 6.92 Å². The maximum atomic E-state index is 12.2. The highest BCUT2D eigenvalue weighted by atomic mass is 35.5. The molecule has 0 saturated carbocycles. The zero-order valence-electron chi connectivity index (χ0n) is 13.1. The van der Waals surface area contributed by atoms with Crippen molar-refractivity contribution in [1.82, 2.24) is 15.0 Å². The first-order valence-corrected chi connectivity index (χ1v) is 8.34. The number of hydrogen-bond acceptors (Lipinski definition) is 7. The van der Waals surface area contributed by atoms with Gasteiger partial charge in [-0.05, 0) is 24.6 Å². The molecule has 0 saturated heterocycles. The van der Waals surface area contributed by atoms with Crippen LogP contribution in [0.25, 0.3) is 21.6 Å². The molecule has 0 fully saturated rings. The smallest absolute Gasteiger partial charge is 0.348 e. The summed E-state index contributed by atoms with van der Waals surface area (Å²) in [7, 11) is 1.55. The Morgan fingerprint density at radius 3 is 2.88 bits per heavy atom. The number of methoxy groups -OCH3 is 1. The molecule has 0 bridgehead atoms. The maximum Gasteiger partial charge on any atom is 0.348 e. The fourth-order valence-electron chi connectivity index (χ4n) is 2.19. The molecule has 3 heterocycles. The average molecular weight is 364 g/mol. The minimum absolute atomic E-state index is 0.198. The van der Waals surface area contributed by atoms with Gasteiger partial charge >= 0.3 is 5.97 Å². The van der Waals surface area contributed by atoms with E-state index in [1.54, 1.807) is 25.6 Å². The van der Waals surface area contributed by atoms with Crippen LogP contribution in [0.1, 0.15) is 15.2 Å². The van der Waals surface area contributed by atoms with E-state index in [1.165, 1.54) is 11.3 Å². The predicted octanol–water partition coefficient (Wildman–Crippen LogP) is 3.52. The SMILES string of the molecule is COCCOC(=O)c1sc2nc(-c3cccnc3)nc(Cl)c2c1C. The molecule has 0 amide bonds. The molecule has 0 unspecified atom stereocenters. The lowest BCUT2D eigenvalue weighted by Gasteiger charge is -2.03. The largest absolute Gasteiger partial charge is 0.459 e. The summed E-state index contributed by atoms with van der Waals surface area (Å²) in [4.78, 5) is 26.2. The molecule has 0 N–H and O–H groups in total. The number of halogens is 1. The fourth-order valence-corrected chi connectivity index (χ4v) is 3.63. The van der Waals surface area contributed by atoms with Crippen molar-refractivity contribution >= 4 is 39.1 Å². The third-order valence-corrected chi connectivity index (χ3v) is 4.81. The van der Waals surface area contributed by atoms with E-state index < -0.39 is 5.97 Å². The quantitative estimate of drug-likeness (QED) is 0.392. The van der Waals surface area contributed by atoms with Crippen LogP contribution < -0.4 is 0 Å². The van der Waals surface area contributed by atoms with Gasteiger partial charge in [-0.2, -0.15) is 0 Å². The molecule has 0 aliphatic rings. The molecular formula is C16H14ClN3O3S. The van der Waals surface area contributed by atoms with Crippen LogP contribution in [0.3, 0.4) is 0 Å². The number of aryl methyl sites for hydroxylation is 1. The summed E-state index contributed by atoms with van der Waals surface area (Å²) in [5.74, 6) is 0.0627. The Morgan fingerprint density at radius 2 is 2.17 bits per heavy atom. The van der Waals surface area contributed by atoms with Gasteiger partial charge < -0.3 is 9.47 Å². The van der Waals surface area contributed by atoms with E-state index in [2.05, 4.69) is 15.0 Å². The van der Waals surface area contributed by atoms with Gasteiger partial charge in [-0.3, -0.25) is 4.98 Å². The van der Waals surface area contributed by atoms with Crippen molar-refractivity contribution in [1.29, 1.82) is 0 Å². The lowest BCUT2D eigenvalue weighted by Crippen LogP contribution is -2.09. The van der Waals surface area contributed by atoms with Crippen LogP contribution in [0.15, 0.2) is 24.5 Å². The Labute approximate surface area is 147 Å². The van der Waals surface area contributed by atoms with Crippen molar-refractivity contribution in [2.75, 3.05) is 20.3 Å². The average Bonchev–Trinajstić information content (AvgIpc) is 2.93. The normalized spacial score (nSPS) is 11.0. The van der Waals surface area contributed by atoms with Crippen LogP contribution in [0.5, 0.6) is 0 Å². The number of rotatable bonds is 5. The molecule has 24 heavy (non-hydrogen) atoms. The number of fused-ring (bicyclic) bond motifs is 1. The molecule has 8 heteroatoms. The van der Waals surface area contributed by atoms with Gasteiger partial charge in [-0.15, -0.1) is 11.3 Å². The molecule has 6 nitrogen and oxygen atoms in total. The highest BCUT2D eigenvalue weighted by Crippen LogP contribution is 2.35. The summed E-state index contributed by atoms with van der Waals surface area (Å²) in [6.45, 7) is 2.36. The Hall–Kier alpha value is -2.09. The van der Waals surface area contributed by atoms with Crippen molar-refractivity contribution in [3.05, 3.63) is 40.1 Å². The topological polar surface area (TPSA) is 74.2 Å². The third-order valence-electron chi connectivity index (χ3n) is 3.37. The number of hydrogen-bond donors (Lipinski definition) is 0. The molecule has 124 valence electrons. The van der Waals surface area contributed by atoms with Crippen LogP contribution in [0.2, 0.25) is 5.15 Å². The summed E-state index contributed by atoms with van der Waals surface area (Å²) in [5.41, 5.74) is 1.48.